The van der Waals surface area contributed by atoms with Gasteiger partial charge in [0.1, 0.15) is 0 Å². The number of aryl methyl sites for hydroxylation is 1. The molecule has 3 heteroatoms. The summed E-state index contributed by atoms with van der Waals surface area (Å²) in [5.74, 6) is 0. The summed E-state index contributed by atoms with van der Waals surface area (Å²) < 4.78 is 2.49. The number of benzene rings is 1. The molecule has 0 aromatic heterocycles. The molecule has 0 fully saturated rings. The van der Waals surface area contributed by atoms with Crippen LogP contribution >= 0.6 is 0 Å². The molecule has 0 N–H and O–H groups in total. The maximum absolute atomic E-state index is 2.49. The van der Waals surface area contributed by atoms with Gasteiger partial charge in [-0.1, -0.05) is 29.8 Å². The highest BCUT2D eigenvalue weighted by molar-refractivity contribution is 6.25. The van der Waals surface area contributed by atoms with E-state index in [4.69, 9.17) is 0 Å². The van der Waals surface area contributed by atoms with E-state index in [1.54, 1.807) is 0 Å². The van der Waals surface area contributed by atoms with E-state index in [0.29, 0.717) is 6.04 Å². The van der Waals surface area contributed by atoms with E-state index < -0.39 is 0 Å². The molecule has 66 valence electrons. The van der Waals surface area contributed by atoms with Gasteiger partial charge in [0.05, 0.1) is 20.8 Å². The molecule has 0 spiro atoms. The molecule has 12 heavy (non-hydrogen) atoms. The van der Waals surface area contributed by atoms with E-state index in [1.165, 1.54) is 31.9 Å². The molecular weight excluding hydrogens is 178 g/mol. The molecule has 0 aliphatic rings. The van der Waals surface area contributed by atoms with Gasteiger partial charge in [-0.2, -0.15) is 0 Å². The van der Waals surface area contributed by atoms with Crippen LogP contribution in [0.5, 0.6) is 0 Å². The molecule has 0 heterocycles. The van der Waals surface area contributed by atoms with E-state index in [2.05, 4.69) is 42.3 Å². The first-order valence-corrected chi connectivity index (χ1v) is 6.13. The van der Waals surface area contributed by atoms with E-state index in [1.807, 2.05) is 0 Å². The van der Waals surface area contributed by atoms with Crippen molar-refractivity contribution in [3.05, 3.63) is 35.4 Å². The van der Waals surface area contributed by atoms with Crippen LogP contribution in [0.1, 0.15) is 24.1 Å². The second-order valence-electron chi connectivity index (χ2n) is 3.55. The zero-order chi connectivity index (χ0) is 9.14. The Bertz CT molecular complexity index is 243. The zero-order valence-corrected chi connectivity index (χ0v) is 12.3. The van der Waals surface area contributed by atoms with Gasteiger partial charge in [0.25, 0.3) is 0 Å². The van der Waals surface area contributed by atoms with Crippen molar-refractivity contribution in [1.82, 2.24) is 4.23 Å². The molecule has 1 aromatic carbocycles. The van der Waals surface area contributed by atoms with Crippen molar-refractivity contribution in [3.8, 4) is 0 Å². The molecule has 0 unspecified atom stereocenters. The molecule has 1 rings (SSSR count). The number of hydrogen-bond acceptors (Lipinski definition) is 1. The summed E-state index contributed by atoms with van der Waals surface area (Å²) in [6.07, 6.45) is 0. The molecule has 1 atom stereocenters. The maximum atomic E-state index is 2.49. The Hall–Kier alpha value is -0.386. The maximum Gasteiger partial charge on any atom is 0.0704 e. The normalized spacial score (nSPS) is 13.9. The monoisotopic (exact) mass is 195 g/mol. The molecule has 1 nitrogen and oxygen atoms in total. The largest absolute Gasteiger partial charge is 0.354 e. The van der Waals surface area contributed by atoms with Crippen LogP contribution in [0, 0.1) is 6.92 Å². The summed E-state index contributed by atoms with van der Waals surface area (Å²) in [6, 6.07) is 9.49. The van der Waals surface area contributed by atoms with Crippen LogP contribution < -0.4 is 0 Å². The van der Waals surface area contributed by atoms with E-state index in [0.717, 1.165) is 0 Å². The van der Waals surface area contributed by atoms with Crippen LogP contribution in [0.15, 0.2) is 24.3 Å². The van der Waals surface area contributed by atoms with Gasteiger partial charge in [0.15, 0.2) is 0 Å². The van der Waals surface area contributed by atoms with Gasteiger partial charge >= 0.3 is 0 Å². The zero-order valence-electron chi connectivity index (χ0n) is 8.33. The molecule has 0 radical (unpaired) electrons. The van der Waals surface area contributed by atoms with Crippen molar-refractivity contribution in [2.45, 2.75) is 19.9 Å². The highest BCUT2D eigenvalue weighted by Crippen LogP contribution is 2.16. The topological polar surface area (TPSA) is 3.24 Å². The molecule has 1 aromatic rings. The Labute approximate surface area is 80.8 Å². The lowest BCUT2D eigenvalue weighted by Crippen LogP contribution is -2.20. The second kappa shape index (κ2) is 4.02. The van der Waals surface area contributed by atoms with Crippen LogP contribution in [0.25, 0.3) is 0 Å². The van der Waals surface area contributed by atoms with Gasteiger partial charge < -0.3 is 4.23 Å². The summed E-state index contributed by atoms with van der Waals surface area (Å²) in [7, 11) is 2.36. The van der Waals surface area contributed by atoms with Gasteiger partial charge in [-0.25, -0.2) is 0 Å². The fourth-order valence-corrected chi connectivity index (χ4v) is 1.74. The third-order valence-electron chi connectivity index (χ3n) is 2.33. The molecular formula is C9H17NSi2. The summed E-state index contributed by atoms with van der Waals surface area (Å²) in [6.45, 7) is 4.41. The van der Waals surface area contributed by atoms with Crippen LogP contribution in [0.4, 0.5) is 0 Å². The average Bonchev–Trinajstić information content (AvgIpc) is 2.04. The van der Waals surface area contributed by atoms with E-state index in [-0.39, 0.29) is 0 Å². The lowest BCUT2D eigenvalue weighted by atomic mass is 10.1. The minimum absolute atomic E-state index is 0.629. The van der Waals surface area contributed by atoms with Gasteiger partial charge in [-0.05, 0) is 19.4 Å². The number of rotatable bonds is 2. The second-order valence-corrected chi connectivity index (χ2v) is 8.16. The lowest BCUT2D eigenvalue weighted by Gasteiger charge is -2.20. The van der Waals surface area contributed by atoms with Crippen molar-refractivity contribution < 1.29 is 0 Å². The Kier molecular flexibility index (Phi) is 3.25. The van der Waals surface area contributed by atoms with Crippen molar-refractivity contribution in [1.29, 1.82) is 0 Å². The molecule has 0 amide bonds. The van der Waals surface area contributed by atoms with Gasteiger partial charge in [-0.15, -0.1) is 0 Å². The van der Waals surface area contributed by atoms with Crippen molar-refractivity contribution in [3.63, 3.8) is 0 Å². The standard InChI is InChI=1S/C9H17NSi2/c1-7-3-5-9(6-4-7)8(2)10(11)12/h3-6,8H,1-2,11-12H3/t8-/m0/s1. The Balaban J connectivity index is 2.82. The molecule has 0 aliphatic carbocycles. The van der Waals surface area contributed by atoms with E-state index in [9.17, 15) is 0 Å². The molecule has 0 saturated heterocycles. The van der Waals surface area contributed by atoms with Crippen LogP contribution in [-0.2, 0) is 0 Å². The predicted octanol–water partition coefficient (Wildman–Crippen LogP) is -0.0812. The fourth-order valence-electron chi connectivity index (χ4n) is 1.14. The van der Waals surface area contributed by atoms with Crippen LogP contribution in [0.2, 0.25) is 0 Å². The van der Waals surface area contributed by atoms with Crippen LogP contribution in [0.3, 0.4) is 0 Å². The van der Waals surface area contributed by atoms with Gasteiger partial charge in [-0.3, -0.25) is 0 Å². The quantitative estimate of drug-likeness (QED) is 0.597. The van der Waals surface area contributed by atoms with Crippen molar-refractivity contribution in [2.75, 3.05) is 0 Å². The Morgan fingerprint density at radius 3 is 2.08 bits per heavy atom. The molecule has 0 bridgehead atoms. The van der Waals surface area contributed by atoms with Gasteiger partial charge in [0.2, 0.25) is 0 Å². The van der Waals surface area contributed by atoms with Crippen LogP contribution in [-0.4, -0.2) is 25.0 Å². The first kappa shape index (κ1) is 9.70. The first-order valence-electron chi connectivity index (χ1n) is 4.34. The van der Waals surface area contributed by atoms with E-state index >= 15 is 0 Å². The van der Waals surface area contributed by atoms with Crippen molar-refractivity contribution >= 4 is 20.8 Å². The SMILES string of the molecule is Cc1ccc([C@H](C)N([SiH3])[SiH3])cc1. The lowest BCUT2D eigenvalue weighted by molar-refractivity contribution is 0.552. The van der Waals surface area contributed by atoms with Gasteiger partial charge in [0, 0.05) is 6.04 Å². The highest BCUT2D eigenvalue weighted by atomic mass is 28.2. The fraction of sp³-hybridized carbons (Fsp3) is 0.333. The first-order chi connectivity index (χ1) is 5.61. The minimum Gasteiger partial charge on any atom is -0.354 e. The summed E-state index contributed by atoms with van der Waals surface area (Å²) in [4.78, 5) is 0. The highest BCUT2D eigenvalue weighted by Gasteiger charge is 2.05. The number of hydrogen-bond donors (Lipinski definition) is 0. The third-order valence-corrected chi connectivity index (χ3v) is 3.88. The van der Waals surface area contributed by atoms with Crippen molar-refractivity contribution in [2.24, 2.45) is 0 Å². The Morgan fingerprint density at radius 2 is 1.67 bits per heavy atom. The molecule has 0 aliphatic heterocycles. The predicted molar refractivity (Wildman–Crippen MR) is 61.3 cm³/mol. The summed E-state index contributed by atoms with van der Waals surface area (Å²) in [5, 5.41) is 0. The minimum atomic E-state index is 0.629. The molecule has 0 saturated carbocycles. The summed E-state index contributed by atoms with van der Waals surface area (Å²) in [5.41, 5.74) is 2.80. The average molecular weight is 195 g/mol. The number of nitrogens with zero attached hydrogens (tertiary/aromatic N) is 1. The Morgan fingerprint density at radius 1 is 1.17 bits per heavy atom. The third kappa shape index (κ3) is 2.30. The summed E-state index contributed by atoms with van der Waals surface area (Å²) >= 11 is 0. The smallest absolute Gasteiger partial charge is 0.0704 e.